The molecule has 2 heteroatoms. The van der Waals surface area contributed by atoms with Gasteiger partial charge in [-0.3, -0.25) is 0 Å². The lowest BCUT2D eigenvalue weighted by molar-refractivity contribution is 0.365. The third-order valence-corrected chi connectivity index (χ3v) is 5.18. The first-order valence-electron chi connectivity index (χ1n) is 6.64. The first-order chi connectivity index (χ1) is 7.84. The van der Waals surface area contributed by atoms with Gasteiger partial charge in [-0.2, -0.15) is 0 Å². The maximum Gasteiger partial charge on any atom is 0.0445 e. The van der Waals surface area contributed by atoms with Gasteiger partial charge < -0.3 is 5.32 Å². The summed E-state index contributed by atoms with van der Waals surface area (Å²) in [4.78, 5) is 1.56. The summed E-state index contributed by atoms with van der Waals surface area (Å²) in [7, 11) is 0. The van der Waals surface area contributed by atoms with Crippen LogP contribution in [0, 0.1) is 11.8 Å². The van der Waals surface area contributed by atoms with Crippen molar-refractivity contribution in [2.45, 2.75) is 51.1 Å². The fourth-order valence-corrected chi connectivity index (χ4v) is 3.87. The van der Waals surface area contributed by atoms with E-state index in [4.69, 9.17) is 0 Å². The summed E-state index contributed by atoms with van der Waals surface area (Å²) >= 11 is 1.93. The van der Waals surface area contributed by atoms with E-state index in [1.807, 2.05) is 11.3 Å². The van der Waals surface area contributed by atoms with E-state index in [1.54, 1.807) is 4.88 Å². The SMILES string of the molecule is CC1CC1NC(c1cccs1)C1CCCC1. The van der Waals surface area contributed by atoms with Gasteiger partial charge in [-0.25, -0.2) is 0 Å². The summed E-state index contributed by atoms with van der Waals surface area (Å²) in [5.74, 6) is 1.80. The average molecular weight is 235 g/mol. The van der Waals surface area contributed by atoms with Crippen LogP contribution in [0.4, 0.5) is 0 Å². The Morgan fingerprint density at radius 3 is 2.69 bits per heavy atom. The molecule has 1 aromatic rings. The smallest absolute Gasteiger partial charge is 0.0445 e. The van der Waals surface area contributed by atoms with Crippen LogP contribution in [-0.4, -0.2) is 6.04 Å². The van der Waals surface area contributed by atoms with Crippen molar-refractivity contribution in [3.63, 3.8) is 0 Å². The highest BCUT2D eigenvalue weighted by Crippen LogP contribution is 2.40. The maximum atomic E-state index is 3.90. The molecule has 2 saturated carbocycles. The molecule has 3 rings (SSSR count). The van der Waals surface area contributed by atoms with Gasteiger partial charge in [-0.1, -0.05) is 25.8 Å². The molecule has 0 amide bonds. The second-order valence-electron chi connectivity index (χ2n) is 5.52. The molecule has 0 radical (unpaired) electrons. The molecule has 0 spiro atoms. The maximum absolute atomic E-state index is 3.90. The van der Waals surface area contributed by atoms with E-state index in [-0.39, 0.29) is 0 Å². The van der Waals surface area contributed by atoms with Gasteiger partial charge in [0.25, 0.3) is 0 Å². The Morgan fingerprint density at radius 1 is 1.38 bits per heavy atom. The zero-order valence-electron chi connectivity index (χ0n) is 9.99. The molecule has 3 unspecified atom stereocenters. The van der Waals surface area contributed by atoms with Crippen molar-refractivity contribution < 1.29 is 0 Å². The molecule has 1 N–H and O–H groups in total. The van der Waals surface area contributed by atoms with E-state index in [1.165, 1.54) is 32.1 Å². The highest BCUT2D eigenvalue weighted by atomic mass is 32.1. The number of nitrogens with one attached hydrogen (secondary N) is 1. The number of hydrogen-bond donors (Lipinski definition) is 1. The molecule has 2 fully saturated rings. The molecular weight excluding hydrogens is 214 g/mol. The van der Waals surface area contributed by atoms with Gasteiger partial charge in [-0.05, 0) is 42.5 Å². The average Bonchev–Trinajstić information content (AvgIpc) is 2.85. The van der Waals surface area contributed by atoms with Crippen molar-refractivity contribution in [1.29, 1.82) is 0 Å². The number of hydrogen-bond acceptors (Lipinski definition) is 2. The van der Waals surface area contributed by atoms with Crippen LogP contribution in [0.2, 0.25) is 0 Å². The van der Waals surface area contributed by atoms with Crippen LogP contribution in [0.25, 0.3) is 0 Å². The predicted octanol–water partition coefficient (Wildman–Crippen LogP) is 3.98. The van der Waals surface area contributed by atoms with E-state index >= 15 is 0 Å². The minimum atomic E-state index is 0.650. The topological polar surface area (TPSA) is 12.0 Å². The van der Waals surface area contributed by atoms with Gasteiger partial charge >= 0.3 is 0 Å². The van der Waals surface area contributed by atoms with E-state index in [0.29, 0.717) is 6.04 Å². The lowest BCUT2D eigenvalue weighted by Crippen LogP contribution is -2.29. The molecule has 88 valence electrons. The van der Waals surface area contributed by atoms with Gasteiger partial charge in [0.15, 0.2) is 0 Å². The Kier molecular flexibility index (Phi) is 3.03. The molecule has 0 saturated heterocycles. The Labute approximate surface area is 102 Å². The summed E-state index contributed by atoms with van der Waals surface area (Å²) in [6.07, 6.45) is 7.12. The Morgan fingerprint density at radius 2 is 2.12 bits per heavy atom. The number of thiophene rings is 1. The minimum Gasteiger partial charge on any atom is -0.306 e. The molecular formula is C14H21NS. The molecule has 0 aromatic carbocycles. The first-order valence-corrected chi connectivity index (χ1v) is 7.52. The third-order valence-electron chi connectivity index (χ3n) is 4.22. The van der Waals surface area contributed by atoms with Gasteiger partial charge in [0.2, 0.25) is 0 Å². The number of rotatable bonds is 4. The molecule has 0 bridgehead atoms. The molecule has 2 aliphatic rings. The monoisotopic (exact) mass is 235 g/mol. The fourth-order valence-electron chi connectivity index (χ4n) is 2.99. The van der Waals surface area contributed by atoms with Crippen molar-refractivity contribution >= 4 is 11.3 Å². The highest BCUT2D eigenvalue weighted by Gasteiger charge is 2.37. The quantitative estimate of drug-likeness (QED) is 0.832. The van der Waals surface area contributed by atoms with E-state index in [9.17, 15) is 0 Å². The lowest BCUT2D eigenvalue weighted by atomic mass is 9.96. The second-order valence-corrected chi connectivity index (χ2v) is 6.50. The van der Waals surface area contributed by atoms with Crippen LogP contribution < -0.4 is 5.32 Å². The van der Waals surface area contributed by atoms with Crippen LogP contribution in [0.1, 0.15) is 49.9 Å². The van der Waals surface area contributed by atoms with Crippen LogP contribution in [0.5, 0.6) is 0 Å². The predicted molar refractivity (Wildman–Crippen MR) is 69.7 cm³/mol. The Balaban J connectivity index is 1.72. The summed E-state index contributed by atoms with van der Waals surface area (Å²) in [6, 6.07) is 5.96. The molecule has 1 heterocycles. The second kappa shape index (κ2) is 4.50. The van der Waals surface area contributed by atoms with E-state index in [2.05, 4.69) is 29.8 Å². The molecule has 1 nitrogen and oxygen atoms in total. The van der Waals surface area contributed by atoms with Crippen LogP contribution in [0.15, 0.2) is 17.5 Å². The third kappa shape index (κ3) is 2.18. The van der Waals surface area contributed by atoms with Crippen molar-refractivity contribution in [2.24, 2.45) is 11.8 Å². The molecule has 1 aromatic heterocycles. The van der Waals surface area contributed by atoms with Crippen molar-refractivity contribution in [1.82, 2.24) is 5.32 Å². The molecule has 0 aliphatic heterocycles. The first kappa shape index (κ1) is 10.8. The van der Waals surface area contributed by atoms with E-state index < -0.39 is 0 Å². The van der Waals surface area contributed by atoms with Crippen LogP contribution in [0.3, 0.4) is 0 Å². The summed E-state index contributed by atoms with van der Waals surface area (Å²) in [6.45, 7) is 2.36. The summed E-state index contributed by atoms with van der Waals surface area (Å²) < 4.78 is 0. The van der Waals surface area contributed by atoms with Gasteiger partial charge in [0.1, 0.15) is 0 Å². The normalized spacial score (nSPS) is 31.8. The Hall–Kier alpha value is -0.340. The standard InChI is InChI=1S/C14H21NS/c1-10-9-12(10)15-14(11-5-2-3-6-11)13-7-4-8-16-13/h4,7-8,10-12,14-15H,2-3,5-6,9H2,1H3. The minimum absolute atomic E-state index is 0.650. The summed E-state index contributed by atoms with van der Waals surface area (Å²) in [5.41, 5.74) is 0. The summed E-state index contributed by atoms with van der Waals surface area (Å²) in [5, 5.41) is 6.11. The lowest BCUT2D eigenvalue weighted by Gasteiger charge is -2.24. The molecule has 3 atom stereocenters. The van der Waals surface area contributed by atoms with Gasteiger partial charge in [-0.15, -0.1) is 11.3 Å². The fraction of sp³-hybridized carbons (Fsp3) is 0.714. The zero-order valence-corrected chi connectivity index (χ0v) is 10.8. The van der Waals surface area contributed by atoms with E-state index in [0.717, 1.165) is 17.9 Å². The van der Waals surface area contributed by atoms with Crippen LogP contribution >= 0.6 is 11.3 Å². The molecule has 2 aliphatic carbocycles. The zero-order chi connectivity index (χ0) is 11.0. The Bertz CT molecular complexity index is 327. The largest absolute Gasteiger partial charge is 0.306 e. The van der Waals surface area contributed by atoms with Crippen molar-refractivity contribution in [3.8, 4) is 0 Å². The van der Waals surface area contributed by atoms with Crippen molar-refractivity contribution in [3.05, 3.63) is 22.4 Å². The van der Waals surface area contributed by atoms with Crippen LogP contribution in [-0.2, 0) is 0 Å². The van der Waals surface area contributed by atoms with Gasteiger partial charge in [0.05, 0.1) is 0 Å². The van der Waals surface area contributed by atoms with Crippen molar-refractivity contribution in [2.75, 3.05) is 0 Å². The van der Waals surface area contributed by atoms with Gasteiger partial charge in [0, 0.05) is 17.0 Å². The molecule has 16 heavy (non-hydrogen) atoms. The highest BCUT2D eigenvalue weighted by molar-refractivity contribution is 7.10.